The third-order valence-electron chi connectivity index (χ3n) is 4.17. The van der Waals surface area contributed by atoms with Crippen molar-refractivity contribution in [3.05, 3.63) is 54.1 Å². The summed E-state index contributed by atoms with van der Waals surface area (Å²) in [6.45, 7) is 6.69. The molecule has 0 unspecified atom stereocenters. The first-order chi connectivity index (χ1) is 12.6. The third kappa shape index (κ3) is 6.08. The van der Waals surface area contributed by atoms with Gasteiger partial charge in [0.05, 0.1) is 25.9 Å². The van der Waals surface area contributed by atoms with Crippen molar-refractivity contribution in [3.8, 4) is 11.5 Å². The maximum absolute atomic E-state index is 12.3. The van der Waals surface area contributed by atoms with E-state index in [-0.39, 0.29) is 5.91 Å². The summed E-state index contributed by atoms with van der Waals surface area (Å²) in [5, 5.41) is 2.91. The highest BCUT2D eigenvalue weighted by molar-refractivity contribution is 5.93. The first kappa shape index (κ1) is 19.8. The van der Waals surface area contributed by atoms with Gasteiger partial charge in [0, 0.05) is 6.54 Å². The van der Waals surface area contributed by atoms with Crippen LogP contribution in [0.3, 0.4) is 0 Å². The Morgan fingerprint density at radius 2 is 1.77 bits per heavy atom. The normalized spacial score (nSPS) is 10.6. The zero-order valence-electron chi connectivity index (χ0n) is 15.8. The van der Waals surface area contributed by atoms with Crippen molar-refractivity contribution in [3.63, 3.8) is 0 Å². The number of hydrogen-bond acceptors (Lipinski definition) is 4. The molecule has 5 nitrogen and oxygen atoms in total. The lowest BCUT2D eigenvalue weighted by Crippen LogP contribution is -2.34. The molecular formula is C21H28N2O3. The van der Waals surface area contributed by atoms with Crippen LogP contribution in [0, 0.1) is 6.92 Å². The van der Waals surface area contributed by atoms with Crippen LogP contribution in [-0.4, -0.2) is 44.2 Å². The highest BCUT2D eigenvalue weighted by atomic mass is 16.5. The van der Waals surface area contributed by atoms with Crippen molar-refractivity contribution in [1.82, 2.24) is 4.90 Å². The molecule has 5 heteroatoms. The van der Waals surface area contributed by atoms with Gasteiger partial charge < -0.3 is 14.8 Å². The zero-order valence-corrected chi connectivity index (χ0v) is 15.8. The summed E-state index contributed by atoms with van der Waals surface area (Å²) in [6.07, 6.45) is 0.865. The number of ether oxygens (including phenoxy) is 2. The first-order valence-corrected chi connectivity index (χ1v) is 8.97. The van der Waals surface area contributed by atoms with Gasteiger partial charge in [-0.15, -0.1) is 0 Å². The summed E-state index contributed by atoms with van der Waals surface area (Å²) in [4.78, 5) is 14.4. The number of aryl methyl sites for hydroxylation is 1. The standard InChI is InChI=1S/C21H28N2O3/c1-4-23(14-9-15-26-19-12-7-5-10-17(19)2)16-21(24)22-18-11-6-8-13-20(18)25-3/h5-8,10-13H,4,9,14-16H2,1-3H3,(H,22,24). The van der Waals surface area contributed by atoms with Gasteiger partial charge in [0.2, 0.25) is 5.91 Å². The lowest BCUT2D eigenvalue weighted by molar-refractivity contribution is -0.117. The van der Waals surface area contributed by atoms with Gasteiger partial charge in [-0.2, -0.15) is 0 Å². The molecule has 0 aliphatic heterocycles. The Bertz CT molecular complexity index is 703. The van der Waals surface area contributed by atoms with Crippen LogP contribution in [0.4, 0.5) is 5.69 Å². The van der Waals surface area contributed by atoms with E-state index in [1.807, 2.05) is 55.5 Å². The highest BCUT2D eigenvalue weighted by Crippen LogP contribution is 2.22. The fourth-order valence-electron chi connectivity index (χ4n) is 2.68. The predicted octanol–water partition coefficient (Wildman–Crippen LogP) is 3.73. The minimum atomic E-state index is -0.0452. The van der Waals surface area contributed by atoms with E-state index in [1.165, 1.54) is 0 Å². The Morgan fingerprint density at radius 1 is 1.08 bits per heavy atom. The van der Waals surface area contributed by atoms with Gasteiger partial charge in [-0.25, -0.2) is 0 Å². The minimum absolute atomic E-state index is 0.0452. The fourth-order valence-corrected chi connectivity index (χ4v) is 2.68. The molecule has 0 saturated carbocycles. The number of methoxy groups -OCH3 is 1. The number of nitrogens with one attached hydrogen (secondary N) is 1. The average molecular weight is 356 g/mol. The molecule has 0 bridgehead atoms. The smallest absolute Gasteiger partial charge is 0.238 e. The van der Waals surface area contributed by atoms with E-state index < -0.39 is 0 Å². The molecule has 0 radical (unpaired) electrons. The largest absolute Gasteiger partial charge is 0.495 e. The number of anilines is 1. The average Bonchev–Trinajstić information content (AvgIpc) is 2.66. The van der Waals surface area contributed by atoms with Crippen LogP contribution < -0.4 is 14.8 Å². The molecule has 2 aromatic carbocycles. The predicted molar refractivity (Wildman–Crippen MR) is 105 cm³/mol. The fraction of sp³-hybridized carbons (Fsp3) is 0.381. The van der Waals surface area contributed by atoms with E-state index in [0.717, 1.165) is 30.8 Å². The molecule has 0 heterocycles. The second kappa shape index (κ2) is 10.5. The SMILES string of the molecule is CCN(CCCOc1ccccc1C)CC(=O)Nc1ccccc1OC. The van der Waals surface area contributed by atoms with Gasteiger partial charge in [0.25, 0.3) is 0 Å². The molecule has 26 heavy (non-hydrogen) atoms. The van der Waals surface area contributed by atoms with Crippen LogP contribution in [-0.2, 0) is 4.79 Å². The molecule has 0 aromatic heterocycles. The molecule has 1 N–H and O–H groups in total. The van der Waals surface area contributed by atoms with E-state index in [9.17, 15) is 4.79 Å². The van der Waals surface area contributed by atoms with Crippen LogP contribution in [0.1, 0.15) is 18.9 Å². The van der Waals surface area contributed by atoms with Crippen molar-refractivity contribution in [2.45, 2.75) is 20.3 Å². The second-order valence-corrected chi connectivity index (χ2v) is 6.08. The van der Waals surface area contributed by atoms with E-state index in [0.29, 0.717) is 24.6 Å². The molecule has 0 fully saturated rings. The Hall–Kier alpha value is -2.53. The van der Waals surface area contributed by atoms with Crippen molar-refractivity contribution in [2.75, 3.05) is 38.7 Å². The number of likely N-dealkylation sites (N-methyl/N-ethyl adjacent to an activating group) is 1. The van der Waals surface area contributed by atoms with Crippen molar-refractivity contribution < 1.29 is 14.3 Å². The number of carbonyl (C=O) groups is 1. The number of carbonyl (C=O) groups excluding carboxylic acids is 1. The molecule has 2 aromatic rings. The summed E-state index contributed by atoms with van der Waals surface area (Å²) >= 11 is 0. The topological polar surface area (TPSA) is 50.8 Å². The molecule has 0 saturated heterocycles. The second-order valence-electron chi connectivity index (χ2n) is 6.08. The van der Waals surface area contributed by atoms with Gasteiger partial charge >= 0.3 is 0 Å². The van der Waals surface area contributed by atoms with Gasteiger partial charge in [0.15, 0.2) is 0 Å². The Labute approximate surface area is 155 Å². The summed E-state index contributed by atoms with van der Waals surface area (Å²) in [5.74, 6) is 1.54. The monoisotopic (exact) mass is 356 g/mol. The molecule has 140 valence electrons. The van der Waals surface area contributed by atoms with Gasteiger partial charge in [-0.3, -0.25) is 9.69 Å². The van der Waals surface area contributed by atoms with E-state index in [4.69, 9.17) is 9.47 Å². The number of hydrogen-bond donors (Lipinski definition) is 1. The molecule has 0 aliphatic rings. The lowest BCUT2D eigenvalue weighted by Gasteiger charge is -2.20. The van der Waals surface area contributed by atoms with Crippen LogP contribution in [0.2, 0.25) is 0 Å². The zero-order chi connectivity index (χ0) is 18.8. The number of benzene rings is 2. The van der Waals surface area contributed by atoms with Gasteiger partial charge in [-0.1, -0.05) is 37.3 Å². The number of para-hydroxylation sites is 3. The molecule has 0 atom stereocenters. The molecular weight excluding hydrogens is 328 g/mol. The lowest BCUT2D eigenvalue weighted by atomic mass is 10.2. The quantitative estimate of drug-likeness (QED) is 0.659. The van der Waals surface area contributed by atoms with Crippen LogP contribution in [0.5, 0.6) is 11.5 Å². The Balaban J connectivity index is 1.76. The van der Waals surface area contributed by atoms with Crippen molar-refractivity contribution in [1.29, 1.82) is 0 Å². The van der Waals surface area contributed by atoms with Gasteiger partial charge in [-0.05, 0) is 43.7 Å². The Kier molecular flexibility index (Phi) is 7.96. The van der Waals surface area contributed by atoms with E-state index in [2.05, 4.69) is 17.1 Å². The number of amides is 1. The molecule has 2 rings (SSSR count). The molecule has 0 spiro atoms. The number of rotatable bonds is 10. The van der Waals surface area contributed by atoms with Gasteiger partial charge in [0.1, 0.15) is 11.5 Å². The summed E-state index contributed by atoms with van der Waals surface area (Å²) < 4.78 is 11.1. The molecule has 0 aliphatic carbocycles. The summed E-state index contributed by atoms with van der Waals surface area (Å²) in [5.41, 5.74) is 1.83. The Morgan fingerprint density at radius 3 is 2.46 bits per heavy atom. The van der Waals surface area contributed by atoms with Crippen molar-refractivity contribution in [2.24, 2.45) is 0 Å². The van der Waals surface area contributed by atoms with Crippen LogP contribution in [0.15, 0.2) is 48.5 Å². The third-order valence-corrected chi connectivity index (χ3v) is 4.17. The first-order valence-electron chi connectivity index (χ1n) is 8.97. The highest BCUT2D eigenvalue weighted by Gasteiger charge is 2.11. The van der Waals surface area contributed by atoms with Crippen LogP contribution >= 0.6 is 0 Å². The summed E-state index contributed by atoms with van der Waals surface area (Å²) in [6, 6.07) is 15.4. The maximum Gasteiger partial charge on any atom is 0.238 e. The number of nitrogens with zero attached hydrogens (tertiary/aromatic N) is 1. The van der Waals surface area contributed by atoms with Crippen molar-refractivity contribution >= 4 is 11.6 Å². The van der Waals surface area contributed by atoms with E-state index >= 15 is 0 Å². The van der Waals surface area contributed by atoms with E-state index in [1.54, 1.807) is 7.11 Å². The van der Waals surface area contributed by atoms with Crippen LogP contribution in [0.25, 0.3) is 0 Å². The summed E-state index contributed by atoms with van der Waals surface area (Å²) in [7, 11) is 1.60. The minimum Gasteiger partial charge on any atom is -0.495 e. The molecule has 1 amide bonds. The maximum atomic E-state index is 12.3.